The molecule has 0 aliphatic heterocycles. The van der Waals surface area contributed by atoms with Crippen LogP contribution in [-0.4, -0.2) is 26.5 Å². The minimum absolute atomic E-state index is 0.0370. The van der Waals surface area contributed by atoms with Crippen molar-refractivity contribution in [3.63, 3.8) is 0 Å². The van der Waals surface area contributed by atoms with Crippen LogP contribution < -0.4 is 5.32 Å². The maximum Gasteiger partial charge on any atom is 0.261 e. The summed E-state index contributed by atoms with van der Waals surface area (Å²) in [6.07, 6.45) is 9.46. The summed E-state index contributed by atoms with van der Waals surface area (Å²) in [5.41, 5.74) is 1.73. The van der Waals surface area contributed by atoms with Gasteiger partial charge in [-0.15, -0.1) is 11.3 Å². The lowest BCUT2D eigenvalue weighted by atomic mass is 9.95. The predicted molar refractivity (Wildman–Crippen MR) is 90.6 cm³/mol. The van der Waals surface area contributed by atoms with E-state index in [4.69, 9.17) is 0 Å². The first-order valence-electron chi connectivity index (χ1n) is 8.01. The fraction of sp³-hybridized carbons (Fsp3) is 0.353. The number of hydrogen-bond acceptors (Lipinski definition) is 4. The van der Waals surface area contributed by atoms with Gasteiger partial charge in [-0.25, -0.2) is 9.50 Å². The van der Waals surface area contributed by atoms with Crippen LogP contribution in [0.4, 0.5) is 0 Å². The minimum Gasteiger partial charge on any atom is -0.349 e. The van der Waals surface area contributed by atoms with Crippen LogP contribution in [0.25, 0.3) is 16.2 Å². The molecule has 1 saturated carbocycles. The Balaban J connectivity index is 1.55. The van der Waals surface area contributed by atoms with Crippen LogP contribution in [0.3, 0.4) is 0 Å². The van der Waals surface area contributed by atoms with Crippen molar-refractivity contribution in [2.24, 2.45) is 0 Å². The van der Waals surface area contributed by atoms with Crippen LogP contribution in [0.5, 0.6) is 0 Å². The molecule has 118 valence electrons. The van der Waals surface area contributed by atoms with Crippen molar-refractivity contribution in [2.45, 2.75) is 38.1 Å². The zero-order valence-electron chi connectivity index (χ0n) is 12.7. The maximum atomic E-state index is 12.4. The molecular formula is C17H18N4OS. The van der Waals surface area contributed by atoms with E-state index in [1.165, 1.54) is 30.6 Å². The quantitative estimate of drug-likeness (QED) is 0.801. The van der Waals surface area contributed by atoms with Crippen molar-refractivity contribution in [3.05, 3.63) is 41.5 Å². The summed E-state index contributed by atoms with van der Waals surface area (Å²) in [5.74, 6) is 0.0370. The number of carbonyl (C=O) groups excluding carboxylic acids is 1. The summed E-state index contributed by atoms with van der Waals surface area (Å²) >= 11 is 1.49. The highest BCUT2D eigenvalue weighted by Crippen LogP contribution is 2.28. The van der Waals surface area contributed by atoms with Gasteiger partial charge in [0.15, 0.2) is 5.65 Å². The molecule has 1 N–H and O–H groups in total. The Labute approximate surface area is 138 Å². The van der Waals surface area contributed by atoms with E-state index in [1.54, 1.807) is 16.9 Å². The number of nitrogens with zero attached hydrogens (tertiary/aromatic N) is 3. The summed E-state index contributed by atoms with van der Waals surface area (Å²) in [6.45, 7) is 0. The van der Waals surface area contributed by atoms with Crippen LogP contribution in [-0.2, 0) is 0 Å². The van der Waals surface area contributed by atoms with Gasteiger partial charge in [-0.2, -0.15) is 5.10 Å². The molecule has 1 fully saturated rings. The van der Waals surface area contributed by atoms with Gasteiger partial charge in [0.05, 0.1) is 16.0 Å². The summed E-state index contributed by atoms with van der Waals surface area (Å²) < 4.78 is 1.80. The molecule has 0 aromatic carbocycles. The van der Waals surface area contributed by atoms with E-state index in [1.807, 2.05) is 24.3 Å². The molecule has 0 unspecified atom stereocenters. The van der Waals surface area contributed by atoms with Gasteiger partial charge in [0, 0.05) is 12.2 Å². The lowest BCUT2D eigenvalue weighted by Crippen LogP contribution is -2.35. The topological polar surface area (TPSA) is 59.3 Å². The molecule has 0 bridgehead atoms. The van der Waals surface area contributed by atoms with Crippen molar-refractivity contribution >= 4 is 22.9 Å². The lowest BCUT2D eigenvalue weighted by molar-refractivity contribution is 0.0932. The van der Waals surface area contributed by atoms with E-state index < -0.39 is 0 Å². The van der Waals surface area contributed by atoms with Crippen LogP contribution >= 0.6 is 11.3 Å². The smallest absolute Gasteiger partial charge is 0.261 e. The molecule has 5 nitrogen and oxygen atoms in total. The standard InChI is InChI=1S/C17H18N4OS/c22-17(20-12-5-2-1-3-6-12)15-9-8-14(23-15)13-11-18-16-7-4-10-19-21(13)16/h4,7-12H,1-3,5-6H2,(H,20,22). The third-order valence-corrected chi connectivity index (χ3v) is 5.41. The van der Waals surface area contributed by atoms with Crippen molar-refractivity contribution in [3.8, 4) is 10.6 Å². The van der Waals surface area contributed by atoms with Gasteiger partial charge in [-0.3, -0.25) is 4.79 Å². The van der Waals surface area contributed by atoms with E-state index in [0.29, 0.717) is 6.04 Å². The highest BCUT2D eigenvalue weighted by Gasteiger charge is 2.18. The third kappa shape index (κ3) is 2.86. The molecule has 0 spiro atoms. The Hall–Kier alpha value is -2.21. The summed E-state index contributed by atoms with van der Waals surface area (Å²) in [6, 6.07) is 7.97. The van der Waals surface area contributed by atoms with E-state index in [0.717, 1.165) is 33.9 Å². The predicted octanol–water partition coefficient (Wildman–Crippen LogP) is 3.52. The molecule has 3 aromatic rings. The number of aromatic nitrogens is 3. The van der Waals surface area contributed by atoms with Gasteiger partial charge in [0.25, 0.3) is 5.91 Å². The van der Waals surface area contributed by atoms with Crippen LogP contribution in [0.1, 0.15) is 41.8 Å². The van der Waals surface area contributed by atoms with Crippen molar-refractivity contribution in [2.75, 3.05) is 0 Å². The number of nitrogens with one attached hydrogen (secondary N) is 1. The average Bonchev–Trinajstić information content (AvgIpc) is 3.22. The Bertz CT molecular complexity index is 832. The molecule has 1 aliphatic rings. The molecule has 1 amide bonds. The second-order valence-corrected chi connectivity index (χ2v) is 6.99. The van der Waals surface area contributed by atoms with E-state index in [9.17, 15) is 4.79 Å². The SMILES string of the molecule is O=C(NC1CCCCC1)c1ccc(-c2cnc3cccnn23)s1. The molecule has 0 atom stereocenters. The van der Waals surface area contributed by atoms with Gasteiger partial charge < -0.3 is 5.32 Å². The second kappa shape index (κ2) is 6.12. The summed E-state index contributed by atoms with van der Waals surface area (Å²) in [7, 11) is 0. The Morgan fingerprint density at radius 2 is 2.09 bits per heavy atom. The van der Waals surface area contributed by atoms with Crippen LogP contribution in [0.15, 0.2) is 36.7 Å². The van der Waals surface area contributed by atoms with E-state index in [-0.39, 0.29) is 5.91 Å². The molecule has 3 heterocycles. The van der Waals surface area contributed by atoms with Gasteiger partial charge in [-0.05, 0) is 37.1 Å². The van der Waals surface area contributed by atoms with Gasteiger partial charge in [0.1, 0.15) is 5.69 Å². The fourth-order valence-electron chi connectivity index (χ4n) is 3.10. The first-order chi connectivity index (χ1) is 11.3. The number of amides is 1. The number of fused-ring (bicyclic) bond motifs is 1. The van der Waals surface area contributed by atoms with Crippen molar-refractivity contribution in [1.82, 2.24) is 19.9 Å². The van der Waals surface area contributed by atoms with Crippen LogP contribution in [0.2, 0.25) is 0 Å². The number of hydrogen-bond donors (Lipinski definition) is 1. The normalized spacial score (nSPS) is 15.8. The van der Waals surface area contributed by atoms with E-state index >= 15 is 0 Å². The molecule has 4 rings (SSSR count). The monoisotopic (exact) mass is 326 g/mol. The Morgan fingerprint density at radius 1 is 1.22 bits per heavy atom. The van der Waals surface area contributed by atoms with Crippen molar-refractivity contribution < 1.29 is 4.79 Å². The average molecular weight is 326 g/mol. The second-order valence-electron chi connectivity index (χ2n) is 5.91. The number of thiophene rings is 1. The fourth-order valence-corrected chi connectivity index (χ4v) is 4.00. The Morgan fingerprint density at radius 3 is 2.96 bits per heavy atom. The molecular weight excluding hydrogens is 308 g/mol. The first kappa shape index (κ1) is 14.4. The zero-order valence-corrected chi connectivity index (χ0v) is 13.6. The number of rotatable bonds is 3. The first-order valence-corrected chi connectivity index (χ1v) is 8.83. The maximum absolute atomic E-state index is 12.4. The van der Waals surface area contributed by atoms with Gasteiger partial charge in [-0.1, -0.05) is 19.3 Å². The molecule has 6 heteroatoms. The largest absolute Gasteiger partial charge is 0.349 e. The van der Waals surface area contributed by atoms with Crippen molar-refractivity contribution in [1.29, 1.82) is 0 Å². The third-order valence-electron chi connectivity index (χ3n) is 4.30. The number of imidazole rings is 1. The highest BCUT2D eigenvalue weighted by molar-refractivity contribution is 7.17. The molecule has 0 saturated heterocycles. The zero-order chi connectivity index (χ0) is 15.6. The minimum atomic E-state index is 0.0370. The van der Waals surface area contributed by atoms with Crippen LogP contribution in [0, 0.1) is 0 Å². The molecule has 3 aromatic heterocycles. The highest BCUT2D eigenvalue weighted by atomic mass is 32.1. The summed E-state index contributed by atoms with van der Waals surface area (Å²) in [5, 5.41) is 7.49. The molecule has 23 heavy (non-hydrogen) atoms. The number of carbonyl (C=O) groups is 1. The Kier molecular flexibility index (Phi) is 3.83. The lowest BCUT2D eigenvalue weighted by Gasteiger charge is -2.22. The van der Waals surface area contributed by atoms with E-state index in [2.05, 4.69) is 15.4 Å². The molecule has 0 radical (unpaired) electrons. The summed E-state index contributed by atoms with van der Waals surface area (Å²) in [4.78, 5) is 18.5. The molecule has 1 aliphatic carbocycles. The van der Waals surface area contributed by atoms with Gasteiger partial charge >= 0.3 is 0 Å². The van der Waals surface area contributed by atoms with Gasteiger partial charge in [0.2, 0.25) is 0 Å².